The molecule has 0 aliphatic rings. The monoisotopic (exact) mass is 508 g/mol. The molecule has 0 spiro atoms. The van der Waals surface area contributed by atoms with Crippen LogP contribution in [0.25, 0.3) is 10.8 Å². The highest BCUT2D eigenvalue weighted by Gasteiger charge is 2.15. The van der Waals surface area contributed by atoms with Crippen LogP contribution in [-0.4, -0.2) is 27.0 Å². The van der Waals surface area contributed by atoms with Gasteiger partial charge in [0, 0.05) is 21.0 Å². The molecule has 166 valence electrons. The molecule has 0 saturated heterocycles. The minimum Gasteiger partial charge on any atom is -0.507 e. The highest BCUT2D eigenvalue weighted by molar-refractivity contribution is 9.10. The third-order valence-corrected chi connectivity index (χ3v) is 5.43. The Labute approximate surface area is 196 Å². The van der Waals surface area contributed by atoms with E-state index >= 15 is 0 Å². The van der Waals surface area contributed by atoms with E-state index in [2.05, 4.69) is 31.6 Å². The maximum Gasteiger partial charge on any atom is 0.274 e. The summed E-state index contributed by atoms with van der Waals surface area (Å²) in [6.45, 7) is -0.0805. The number of phenolic OH excluding ortho intramolecular Hbond substituents is 1. The van der Waals surface area contributed by atoms with Crippen LogP contribution in [0, 0.1) is 5.82 Å². The van der Waals surface area contributed by atoms with Crippen LogP contribution in [0.5, 0.6) is 5.75 Å². The molecule has 1 amide bonds. The Hall–Kier alpha value is -3.85. The first-order valence-corrected chi connectivity index (χ1v) is 10.7. The number of aromatic nitrogens is 2. The smallest absolute Gasteiger partial charge is 0.274 e. The number of aromatic hydroxyl groups is 1. The van der Waals surface area contributed by atoms with Gasteiger partial charge in [0.05, 0.1) is 30.3 Å². The zero-order valence-electron chi connectivity index (χ0n) is 17.2. The van der Waals surface area contributed by atoms with Crippen molar-refractivity contribution in [2.24, 2.45) is 5.10 Å². The number of para-hydroxylation sites is 1. The van der Waals surface area contributed by atoms with Crippen LogP contribution in [0.2, 0.25) is 0 Å². The van der Waals surface area contributed by atoms with E-state index in [0.29, 0.717) is 32.1 Å². The summed E-state index contributed by atoms with van der Waals surface area (Å²) in [6, 6.07) is 18.0. The molecule has 0 aliphatic heterocycles. The van der Waals surface area contributed by atoms with Crippen LogP contribution in [0.4, 0.5) is 4.39 Å². The van der Waals surface area contributed by atoms with Gasteiger partial charge in [-0.1, -0.05) is 52.3 Å². The molecule has 4 rings (SSSR count). The van der Waals surface area contributed by atoms with Crippen molar-refractivity contribution in [1.82, 2.24) is 15.2 Å². The summed E-state index contributed by atoms with van der Waals surface area (Å²) in [5, 5.41) is 18.9. The molecule has 0 saturated carbocycles. The number of carbonyl (C=O) groups is 1. The summed E-state index contributed by atoms with van der Waals surface area (Å²) in [5.41, 5.74) is 3.12. The summed E-state index contributed by atoms with van der Waals surface area (Å²) >= 11 is 3.21. The molecule has 9 heteroatoms. The Morgan fingerprint density at radius 2 is 1.85 bits per heavy atom. The number of rotatable bonds is 6. The highest BCUT2D eigenvalue weighted by Crippen LogP contribution is 2.18. The van der Waals surface area contributed by atoms with Gasteiger partial charge in [0.25, 0.3) is 5.56 Å². The number of hydrazone groups is 1. The lowest BCUT2D eigenvalue weighted by Gasteiger charge is -2.11. The standard InChI is InChI=1S/C24H18BrFN4O3/c25-17-10-9-16(20(26)11-17)14-30-24(33)19-7-3-2-6-18(19)21(29-30)12-23(32)28-27-13-15-5-1-4-8-22(15)31/h1-11,13,31H,12,14H2,(H,28,32)/b27-13+. The summed E-state index contributed by atoms with van der Waals surface area (Å²) in [4.78, 5) is 25.4. The maximum atomic E-state index is 14.3. The first kappa shape index (κ1) is 22.3. The molecule has 4 aromatic rings. The maximum absolute atomic E-state index is 14.3. The third kappa shape index (κ3) is 5.15. The molecule has 1 heterocycles. The van der Waals surface area contributed by atoms with Crippen molar-refractivity contribution in [1.29, 1.82) is 0 Å². The first-order chi connectivity index (χ1) is 15.9. The quantitative estimate of drug-likeness (QED) is 0.306. The summed E-state index contributed by atoms with van der Waals surface area (Å²) < 4.78 is 16.1. The number of nitrogens with one attached hydrogen (secondary N) is 1. The molecule has 33 heavy (non-hydrogen) atoms. The van der Waals surface area contributed by atoms with Crippen LogP contribution < -0.4 is 11.0 Å². The van der Waals surface area contributed by atoms with Crippen molar-refractivity contribution < 1.29 is 14.3 Å². The molecule has 0 fully saturated rings. The van der Waals surface area contributed by atoms with Gasteiger partial charge in [-0.15, -0.1) is 0 Å². The largest absolute Gasteiger partial charge is 0.507 e. The minimum atomic E-state index is -0.468. The molecular formula is C24H18BrFN4O3. The predicted molar refractivity (Wildman–Crippen MR) is 127 cm³/mol. The number of phenols is 1. The molecule has 0 unspecified atom stereocenters. The lowest BCUT2D eigenvalue weighted by molar-refractivity contribution is -0.120. The Morgan fingerprint density at radius 3 is 2.61 bits per heavy atom. The molecular weight excluding hydrogens is 491 g/mol. The van der Waals surface area contributed by atoms with E-state index in [0.717, 1.165) is 4.68 Å². The van der Waals surface area contributed by atoms with Crippen molar-refractivity contribution in [2.75, 3.05) is 0 Å². The fourth-order valence-corrected chi connectivity index (χ4v) is 3.65. The van der Waals surface area contributed by atoms with E-state index in [1.165, 1.54) is 18.3 Å². The lowest BCUT2D eigenvalue weighted by atomic mass is 10.1. The van der Waals surface area contributed by atoms with E-state index in [1.54, 1.807) is 54.6 Å². The van der Waals surface area contributed by atoms with E-state index in [1.807, 2.05) is 0 Å². The number of benzene rings is 3. The molecule has 1 aromatic heterocycles. The van der Waals surface area contributed by atoms with Gasteiger partial charge < -0.3 is 5.11 Å². The van der Waals surface area contributed by atoms with E-state index in [4.69, 9.17) is 0 Å². The zero-order chi connectivity index (χ0) is 23.4. The van der Waals surface area contributed by atoms with E-state index in [-0.39, 0.29) is 24.3 Å². The summed E-state index contributed by atoms with van der Waals surface area (Å²) in [5.74, 6) is -0.890. The second-order valence-corrected chi connectivity index (χ2v) is 8.14. The number of hydrogen-bond donors (Lipinski definition) is 2. The lowest BCUT2D eigenvalue weighted by Crippen LogP contribution is -2.28. The Bertz CT molecular complexity index is 1440. The number of amides is 1. The van der Waals surface area contributed by atoms with Gasteiger partial charge in [0.1, 0.15) is 11.6 Å². The molecule has 7 nitrogen and oxygen atoms in total. The first-order valence-electron chi connectivity index (χ1n) is 9.95. The SMILES string of the molecule is O=C(Cc1nn(Cc2ccc(Br)cc2F)c(=O)c2ccccc12)N/N=C/c1ccccc1O. The van der Waals surface area contributed by atoms with Crippen molar-refractivity contribution in [3.8, 4) is 5.75 Å². The average Bonchev–Trinajstić information content (AvgIpc) is 2.80. The zero-order valence-corrected chi connectivity index (χ0v) is 18.8. The number of nitrogens with zero attached hydrogens (tertiary/aromatic N) is 3. The molecule has 3 aromatic carbocycles. The molecule has 0 bridgehead atoms. The summed E-state index contributed by atoms with van der Waals surface area (Å²) in [7, 11) is 0. The van der Waals surface area contributed by atoms with Crippen LogP contribution in [0.3, 0.4) is 0 Å². The van der Waals surface area contributed by atoms with Crippen molar-refractivity contribution >= 4 is 38.8 Å². The van der Waals surface area contributed by atoms with Gasteiger partial charge in [0.15, 0.2) is 0 Å². The van der Waals surface area contributed by atoms with Gasteiger partial charge in [-0.2, -0.15) is 10.2 Å². The Morgan fingerprint density at radius 1 is 1.12 bits per heavy atom. The fraction of sp³-hybridized carbons (Fsp3) is 0.0833. The highest BCUT2D eigenvalue weighted by atomic mass is 79.9. The van der Waals surface area contributed by atoms with Gasteiger partial charge in [-0.25, -0.2) is 14.5 Å². The molecule has 0 radical (unpaired) electrons. The predicted octanol–water partition coefficient (Wildman–Crippen LogP) is 3.74. The topological polar surface area (TPSA) is 96.6 Å². The Balaban J connectivity index is 1.61. The normalized spacial score (nSPS) is 11.2. The number of halogens is 2. The molecule has 2 N–H and O–H groups in total. The molecule has 0 atom stereocenters. The van der Waals surface area contributed by atoms with Crippen molar-refractivity contribution in [2.45, 2.75) is 13.0 Å². The number of carbonyl (C=O) groups excluding carboxylic acids is 1. The van der Waals surface area contributed by atoms with Gasteiger partial charge >= 0.3 is 0 Å². The van der Waals surface area contributed by atoms with E-state index < -0.39 is 11.7 Å². The van der Waals surface area contributed by atoms with Crippen LogP contribution in [-0.2, 0) is 17.8 Å². The van der Waals surface area contributed by atoms with Crippen LogP contribution in [0.15, 0.2) is 81.1 Å². The Kier molecular flexibility index (Phi) is 6.60. The average molecular weight is 509 g/mol. The third-order valence-electron chi connectivity index (χ3n) is 4.94. The van der Waals surface area contributed by atoms with E-state index in [9.17, 15) is 19.1 Å². The number of fused-ring (bicyclic) bond motifs is 1. The minimum absolute atomic E-state index is 0.0374. The van der Waals surface area contributed by atoms with Gasteiger partial charge in [-0.05, 0) is 30.3 Å². The van der Waals surface area contributed by atoms with Gasteiger partial charge in [0.2, 0.25) is 5.91 Å². The molecule has 0 aliphatic carbocycles. The van der Waals surface area contributed by atoms with Gasteiger partial charge in [-0.3, -0.25) is 9.59 Å². The fourth-order valence-electron chi connectivity index (χ4n) is 3.32. The second kappa shape index (κ2) is 9.74. The van der Waals surface area contributed by atoms with Crippen molar-refractivity contribution in [3.63, 3.8) is 0 Å². The second-order valence-electron chi connectivity index (χ2n) is 7.22. The van der Waals surface area contributed by atoms with Crippen LogP contribution >= 0.6 is 15.9 Å². The van der Waals surface area contributed by atoms with Crippen molar-refractivity contribution in [3.05, 3.63) is 104 Å². The number of hydrogen-bond acceptors (Lipinski definition) is 5. The van der Waals surface area contributed by atoms with Crippen LogP contribution in [0.1, 0.15) is 16.8 Å². The summed E-state index contributed by atoms with van der Waals surface area (Å²) in [6.07, 6.45) is 1.18.